The van der Waals surface area contributed by atoms with Gasteiger partial charge in [-0.25, -0.2) is 0 Å². The minimum absolute atomic E-state index is 0.231. The van der Waals surface area contributed by atoms with Crippen LogP contribution in [0.4, 0.5) is 0 Å². The number of benzene rings is 1. The van der Waals surface area contributed by atoms with Crippen molar-refractivity contribution < 1.29 is 14.3 Å². The first-order valence-electron chi connectivity index (χ1n) is 6.59. The first-order valence-corrected chi connectivity index (χ1v) is 6.59. The number of hydrogen-bond acceptors (Lipinski definition) is 4. The van der Waals surface area contributed by atoms with Crippen LogP contribution in [-0.4, -0.2) is 37.9 Å². The minimum atomic E-state index is -0.246. The van der Waals surface area contributed by atoms with Crippen LogP contribution >= 0.6 is 0 Å². The lowest BCUT2D eigenvalue weighted by atomic mass is 10.2. The molecule has 0 saturated heterocycles. The third-order valence-corrected chi connectivity index (χ3v) is 3.20. The highest BCUT2D eigenvalue weighted by molar-refractivity contribution is 5.85. The number of nitrogens with one attached hydrogen (secondary N) is 1. The van der Waals surface area contributed by atoms with Gasteiger partial charge in [0.2, 0.25) is 0 Å². The van der Waals surface area contributed by atoms with E-state index in [-0.39, 0.29) is 12.5 Å². The third kappa shape index (κ3) is 3.37. The molecule has 5 nitrogen and oxygen atoms in total. The number of hydrogen-bond donors (Lipinski definition) is 1. The second-order valence-corrected chi connectivity index (χ2v) is 4.55. The molecule has 1 aromatic carbocycles. The molecule has 0 bridgehead atoms. The zero-order valence-electron chi connectivity index (χ0n) is 11.9. The number of esters is 1. The van der Waals surface area contributed by atoms with E-state index in [1.807, 2.05) is 29.0 Å². The number of fused-ring (bicyclic) bond motifs is 1. The van der Waals surface area contributed by atoms with Crippen molar-refractivity contribution in [3.63, 3.8) is 0 Å². The standard InChI is InChI=1S/C15H20N2O3/c1-19-8-7-16-9-12-10-17(11-15(18)20-2)14-6-4-3-5-13(12)14/h3-6,10,16H,7-9,11H2,1-2H3. The summed E-state index contributed by atoms with van der Waals surface area (Å²) in [5.74, 6) is -0.246. The Morgan fingerprint density at radius 2 is 2.10 bits per heavy atom. The molecule has 0 aliphatic rings. The molecule has 2 aromatic rings. The Balaban J connectivity index is 2.19. The van der Waals surface area contributed by atoms with Gasteiger partial charge in [0.1, 0.15) is 6.54 Å². The van der Waals surface area contributed by atoms with E-state index in [9.17, 15) is 4.79 Å². The number of methoxy groups -OCH3 is 2. The second-order valence-electron chi connectivity index (χ2n) is 4.55. The van der Waals surface area contributed by atoms with Gasteiger partial charge in [-0.3, -0.25) is 4.79 Å². The molecule has 108 valence electrons. The average molecular weight is 276 g/mol. The molecule has 0 atom stereocenters. The minimum Gasteiger partial charge on any atom is -0.468 e. The first kappa shape index (κ1) is 14.6. The molecule has 0 radical (unpaired) electrons. The van der Waals surface area contributed by atoms with Gasteiger partial charge >= 0.3 is 5.97 Å². The van der Waals surface area contributed by atoms with E-state index in [2.05, 4.69) is 11.4 Å². The molecule has 0 saturated carbocycles. The van der Waals surface area contributed by atoms with E-state index in [4.69, 9.17) is 9.47 Å². The highest BCUT2D eigenvalue weighted by atomic mass is 16.5. The van der Waals surface area contributed by atoms with Crippen LogP contribution in [0.2, 0.25) is 0 Å². The Morgan fingerprint density at radius 3 is 2.85 bits per heavy atom. The first-order chi connectivity index (χ1) is 9.76. The van der Waals surface area contributed by atoms with Gasteiger partial charge in [0, 0.05) is 37.3 Å². The highest BCUT2D eigenvalue weighted by Gasteiger charge is 2.10. The Morgan fingerprint density at radius 1 is 1.30 bits per heavy atom. The Hall–Kier alpha value is -1.85. The maximum absolute atomic E-state index is 11.5. The maximum atomic E-state index is 11.5. The number of ether oxygens (including phenoxy) is 2. The van der Waals surface area contributed by atoms with Crippen molar-refractivity contribution in [3.8, 4) is 0 Å². The number of rotatable bonds is 7. The smallest absolute Gasteiger partial charge is 0.325 e. The number of para-hydroxylation sites is 1. The fourth-order valence-corrected chi connectivity index (χ4v) is 2.20. The normalized spacial score (nSPS) is 10.9. The summed E-state index contributed by atoms with van der Waals surface area (Å²) in [5, 5.41) is 4.47. The van der Waals surface area contributed by atoms with E-state index in [0.29, 0.717) is 6.61 Å². The SMILES string of the molecule is COCCNCc1cn(CC(=O)OC)c2ccccc12. The summed E-state index contributed by atoms with van der Waals surface area (Å²) >= 11 is 0. The van der Waals surface area contributed by atoms with E-state index < -0.39 is 0 Å². The largest absolute Gasteiger partial charge is 0.468 e. The number of carbonyl (C=O) groups is 1. The molecule has 0 spiro atoms. The summed E-state index contributed by atoms with van der Waals surface area (Å²) in [6, 6.07) is 8.05. The lowest BCUT2D eigenvalue weighted by Gasteiger charge is -2.02. The number of aromatic nitrogens is 1. The van der Waals surface area contributed by atoms with E-state index >= 15 is 0 Å². The molecule has 1 N–H and O–H groups in total. The molecular formula is C15H20N2O3. The third-order valence-electron chi connectivity index (χ3n) is 3.20. The molecule has 5 heteroatoms. The van der Waals surface area contributed by atoms with Crippen LogP contribution in [0.5, 0.6) is 0 Å². The Bertz CT molecular complexity index is 578. The van der Waals surface area contributed by atoms with Crippen molar-refractivity contribution in [2.75, 3.05) is 27.4 Å². The van der Waals surface area contributed by atoms with Crippen molar-refractivity contribution in [3.05, 3.63) is 36.0 Å². The fourth-order valence-electron chi connectivity index (χ4n) is 2.20. The van der Waals surface area contributed by atoms with Crippen molar-refractivity contribution in [2.24, 2.45) is 0 Å². The maximum Gasteiger partial charge on any atom is 0.325 e. The molecule has 0 fully saturated rings. The van der Waals surface area contributed by atoms with Crippen molar-refractivity contribution in [2.45, 2.75) is 13.1 Å². The van der Waals surface area contributed by atoms with Crippen LogP contribution < -0.4 is 5.32 Å². The summed E-state index contributed by atoms with van der Waals surface area (Å²) in [4.78, 5) is 11.5. The summed E-state index contributed by atoms with van der Waals surface area (Å²) in [6.07, 6.45) is 2.00. The van der Waals surface area contributed by atoms with Crippen molar-refractivity contribution in [1.82, 2.24) is 9.88 Å². The van der Waals surface area contributed by atoms with Crippen LogP contribution in [0.25, 0.3) is 10.9 Å². The number of nitrogens with zero attached hydrogens (tertiary/aromatic N) is 1. The molecule has 0 aliphatic carbocycles. The Kier molecular flexibility index (Phi) is 5.15. The fraction of sp³-hybridized carbons (Fsp3) is 0.400. The van der Waals surface area contributed by atoms with Crippen LogP contribution in [0.15, 0.2) is 30.5 Å². The molecule has 2 rings (SSSR count). The monoisotopic (exact) mass is 276 g/mol. The molecule has 1 heterocycles. The van der Waals surface area contributed by atoms with Gasteiger partial charge in [-0.05, 0) is 11.6 Å². The lowest BCUT2D eigenvalue weighted by molar-refractivity contribution is -0.141. The van der Waals surface area contributed by atoms with Gasteiger partial charge in [0.05, 0.1) is 13.7 Å². The molecular weight excluding hydrogens is 256 g/mol. The van der Waals surface area contributed by atoms with Crippen molar-refractivity contribution in [1.29, 1.82) is 0 Å². The molecule has 0 unspecified atom stereocenters. The molecule has 0 aliphatic heterocycles. The van der Waals surface area contributed by atoms with Crippen LogP contribution in [0.3, 0.4) is 0 Å². The van der Waals surface area contributed by atoms with E-state index in [1.54, 1.807) is 7.11 Å². The molecule has 1 aromatic heterocycles. The summed E-state index contributed by atoms with van der Waals surface area (Å²) in [5.41, 5.74) is 2.21. The van der Waals surface area contributed by atoms with Crippen molar-refractivity contribution >= 4 is 16.9 Å². The lowest BCUT2D eigenvalue weighted by Crippen LogP contribution is -2.18. The second kappa shape index (κ2) is 7.07. The zero-order valence-corrected chi connectivity index (χ0v) is 11.9. The van der Waals surface area contributed by atoms with Crippen LogP contribution in [0, 0.1) is 0 Å². The average Bonchev–Trinajstić information content (AvgIpc) is 2.82. The molecule has 20 heavy (non-hydrogen) atoms. The quantitative estimate of drug-likeness (QED) is 0.616. The topological polar surface area (TPSA) is 52.5 Å². The summed E-state index contributed by atoms with van der Waals surface area (Å²) in [6.45, 7) is 2.46. The Labute approximate surface area is 118 Å². The van der Waals surface area contributed by atoms with E-state index in [1.165, 1.54) is 12.7 Å². The van der Waals surface area contributed by atoms with Crippen LogP contribution in [0.1, 0.15) is 5.56 Å². The zero-order chi connectivity index (χ0) is 14.4. The summed E-state index contributed by atoms with van der Waals surface area (Å²) in [7, 11) is 3.09. The van der Waals surface area contributed by atoms with Gasteiger partial charge in [-0.1, -0.05) is 18.2 Å². The van der Waals surface area contributed by atoms with Gasteiger partial charge < -0.3 is 19.4 Å². The molecule has 0 amide bonds. The van der Waals surface area contributed by atoms with Gasteiger partial charge in [0.15, 0.2) is 0 Å². The predicted octanol–water partition coefficient (Wildman–Crippen LogP) is 1.55. The number of carbonyl (C=O) groups excluding carboxylic acids is 1. The van der Waals surface area contributed by atoms with Gasteiger partial charge in [-0.15, -0.1) is 0 Å². The van der Waals surface area contributed by atoms with Crippen LogP contribution in [-0.2, 0) is 27.4 Å². The van der Waals surface area contributed by atoms with E-state index in [0.717, 1.165) is 24.0 Å². The summed E-state index contributed by atoms with van der Waals surface area (Å²) < 4.78 is 11.7. The van der Waals surface area contributed by atoms with Gasteiger partial charge in [0.25, 0.3) is 0 Å². The predicted molar refractivity (Wildman–Crippen MR) is 77.5 cm³/mol. The highest BCUT2D eigenvalue weighted by Crippen LogP contribution is 2.21. The van der Waals surface area contributed by atoms with Gasteiger partial charge in [-0.2, -0.15) is 0 Å².